The number of anilines is 1. The summed E-state index contributed by atoms with van der Waals surface area (Å²) in [7, 11) is 0. The summed E-state index contributed by atoms with van der Waals surface area (Å²) in [5, 5.41) is 9.38. The van der Waals surface area contributed by atoms with E-state index in [2.05, 4.69) is 44.0 Å². The predicted octanol–water partition coefficient (Wildman–Crippen LogP) is 2.93. The lowest BCUT2D eigenvalue weighted by Gasteiger charge is -2.25. The Bertz CT molecular complexity index is 343. The summed E-state index contributed by atoms with van der Waals surface area (Å²) >= 11 is 3.50. The quantitative estimate of drug-likeness (QED) is 0.796. The van der Waals surface area contributed by atoms with Crippen LogP contribution in [0.4, 0.5) is 5.82 Å². The molecule has 0 saturated carbocycles. The fourth-order valence-corrected chi connectivity index (χ4v) is 2.66. The van der Waals surface area contributed by atoms with Crippen LogP contribution in [0, 0.1) is 6.92 Å². The van der Waals surface area contributed by atoms with Crippen molar-refractivity contribution in [1.82, 2.24) is 10.2 Å². The number of aryl methyl sites for hydroxylation is 1. The first-order valence-electron chi connectivity index (χ1n) is 5.93. The number of aromatic nitrogens is 2. The normalized spacial score (nSPS) is 20.4. The van der Waals surface area contributed by atoms with E-state index < -0.39 is 0 Å². The second-order valence-corrected chi connectivity index (χ2v) is 5.20. The number of rotatable bonds is 4. The third-order valence-corrected chi connectivity index (χ3v) is 3.68. The van der Waals surface area contributed by atoms with E-state index in [9.17, 15) is 0 Å². The van der Waals surface area contributed by atoms with Crippen LogP contribution < -0.4 is 4.90 Å². The van der Waals surface area contributed by atoms with Gasteiger partial charge in [0.15, 0.2) is 5.82 Å². The van der Waals surface area contributed by atoms with E-state index in [1.165, 1.54) is 31.2 Å². The molecule has 4 heteroatoms. The van der Waals surface area contributed by atoms with Gasteiger partial charge in [0.2, 0.25) is 0 Å². The van der Waals surface area contributed by atoms with E-state index in [-0.39, 0.29) is 0 Å². The van der Waals surface area contributed by atoms with Crippen LogP contribution >= 0.6 is 15.9 Å². The van der Waals surface area contributed by atoms with Crippen LogP contribution in [-0.2, 0) is 0 Å². The molecule has 1 aliphatic heterocycles. The maximum Gasteiger partial charge on any atom is 0.151 e. The summed E-state index contributed by atoms with van der Waals surface area (Å²) in [6.07, 6.45) is 6.87. The monoisotopic (exact) mass is 283 g/mol. The van der Waals surface area contributed by atoms with Gasteiger partial charge in [0.05, 0.1) is 6.20 Å². The standard InChI is InChI=1S/C12H18BrN3/c1-10-8-12(15-14-9-10)16-7-3-5-11(16)4-2-6-13/h8-9,11H,2-7H2,1H3. The van der Waals surface area contributed by atoms with E-state index in [1.807, 2.05) is 6.20 Å². The highest BCUT2D eigenvalue weighted by Crippen LogP contribution is 2.26. The number of nitrogens with zero attached hydrogens (tertiary/aromatic N) is 3. The van der Waals surface area contributed by atoms with Crippen LogP contribution in [0.3, 0.4) is 0 Å². The highest BCUT2D eigenvalue weighted by Gasteiger charge is 2.25. The van der Waals surface area contributed by atoms with Crippen LogP contribution in [0.25, 0.3) is 0 Å². The molecule has 0 radical (unpaired) electrons. The molecular formula is C12H18BrN3. The fourth-order valence-electron chi connectivity index (χ4n) is 2.34. The first-order chi connectivity index (χ1) is 7.81. The zero-order valence-corrected chi connectivity index (χ0v) is 11.3. The van der Waals surface area contributed by atoms with Crippen molar-refractivity contribution < 1.29 is 0 Å². The molecule has 1 saturated heterocycles. The molecule has 0 amide bonds. The van der Waals surface area contributed by atoms with Crippen molar-refractivity contribution in [2.75, 3.05) is 16.8 Å². The van der Waals surface area contributed by atoms with E-state index in [0.717, 1.165) is 17.7 Å². The molecule has 0 bridgehead atoms. The van der Waals surface area contributed by atoms with Gasteiger partial charge in [-0.2, -0.15) is 5.10 Å². The van der Waals surface area contributed by atoms with Gasteiger partial charge in [0.1, 0.15) is 0 Å². The van der Waals surface area contributed by atoms with Crippen molar-refractivity contribution in [3.63, 3.8) is 0 Å². The van der Waals surface area contributed by atoms with Crippen LogP contribution in [-0.4, -0.2) is 28.1 Å². The molecule has 2 rings (SSSR count). The zero-order chi connectivity index (χ0) is 11.4. The molecule has 0 spiro atoms. The first kappa shape index (κ1) is 11.8. The summed E-state index contributed by atoms with van der Waals surface area (Å²) in [5.41, 5.74) is 1.19. The minimum absolute atomic E-state index is 0.661. The Morgan fingerprint density at radius 3 is 3.19 bits per heavy atom. The van der Waals surface area contributed by atoms with Crippen LogP contribution in [0.1, 0.15) is 31.2 Å². The average molecular weight is 284 g/mol. The second kappa shape index (κ2) is 5.62. The lowest BCUT2D eigenvalue weighted by atomic mass is 10.1. The van der Waals surface area contributed by atoms with E-state index in [0.29, 0.717) is 6.04 Å². The van der Waals surface area contributed by atoms with Gasteiger partial charge in [-0.25, -0.2) is 0 Å². The van der Waals surface area contributed by atoms with Gasteiger partial charge >= 0.3 is 0 Å². The SMILES string of the molecule is Cc1cnnc(N2CCCC2CCCBr)c1. The van der Waals surface area contributed by atoms with Crippen LogP contribution in [0.2, 0.25) is 0 Å². The Morgan fingerprint density at radius 2 is 2.44 bits per heavy atom. The van der Waals surface area contributed by atoms with Gasteiger partial charge in [-0.05, 0) is 44.2 Å². The number of hydrogen-bond acceptors (Lipinski definition) is 3. The van der Waals surface area contributed by atoms with Crippen LogP contribution in [0.5, 0.6) is 0 Å². The van der Waals surface area contributed by atoms with E-state index in [1.54, 1.807) is 0 Å². The van der Waals surface area contributed by atoms with Gasteiger partial charge in [-0.15, -0.1) is 5.10 Å². The number of alkyl halides is 1. The van der Waals surface area contributed by atoms with E-state index >= 15 is 0 Å². The van der Waals surface area contributed by atoms with Gasteiger partial charge in [-0.1, -0.05) is 15.9 Å². The molecule has 1 aliphatic rings. The predicted molar refractivity (Wildman–Crippen MR) is 70.2 cm³/mol. The maximum absolute atomic E-state index is 4.24. The largest absolute Gasteiger partial charge is 0.352 e. The van der Waals surface area contributed by atoms with Crippen molar-refractivity contribution >= 4 is 21.7 Å². The first-order valence-corrected chi connectivity index (χ1v) is 7.05. The molecule has 1 fully saturated rings. The molecule has 1 aromatic heterocycles. The third-order valence-electron chi connectivity index (χ3n) is 3.12. The molecule has 1 atom stereocenters. The minimum Gasteiger partial charge on any atom is -0.352 e. The second-order valence-electron chi connectivity index (χ2n) is 4.41. The lowest BCUT2D eigenvalue weighted by molar-refractivity contribution is 0.598. The molecule has 16 heavy (non-hydrogen) atoms. The smallest absolute Gasteiger partial charge is 0.151 e. The van der Waals surface area contributed by atoms with Crippen molar-refractivity contribution in [3.05, 3.63) is 17.8 Å². The Balaban J connectivity index is 2.07. The minimum atomic E-state index is 0.661. The molecule has 0 aromatic carbocycles. The van der Waals surface area contributed by atoms with Gasteiger partial charge < -0.3 is 4.90 Å². The Hall–Kier alpha value is -0.640. The maximum atomic E-state index is 4.24. The van der Waals surface area contributed by atoms with Gasteiger partial charge in [-0.3, -0.25) is 0 Å². The summed E-state index contributed by atoms with van der Waals surface area (Å²) in [6.45, 7) is 3.20. The average Bonchev–Trinajstić information content (AvgIpc) is 2.74. The number of halogens is 1. The Labute approximate surface area is 105 Å². The van der Waals surface area contributed by atoms with Gasteiger partial charge in [0.25, 0.3) is 0 Å². The van der Waals surface area contributed by atoms with E-state index in [4.69, 9.17) is 0 Å². The Morgan fingerprint density at radius 1 is 1.56 bits per heavy atom. The van der Waals surface area contributed by atoms with Crippen molar-refractivity contribution in [2.45, 2.75) is 38.6 Å². The number of hydrogen-bond donors (Lipinski definition) is 0. The van der Waals surface area contributed by atoms with Crippen molar-refractivity contribution in [2.24, 2.45) is 0 Å². The summed E-state index contributed by atoms with van der Waals surface area (Å²) in [6, 6.07) is 2.80. The molecule has 0 aliphatic carbocycles. The fraction of sp³-hybridized carbons (Fsp3) is 0.667. The molecule has 2 heterocycles. The topological polar surface area (TPSA) is 29.0 Å². The summed E-state index contributed by atoms with van der Waals surface area (Å²) in [5.74, 6) is 1.05. The van der Waals surface area contributed by atoms with Crippen molar-refractivity contribution in [1.29, 1.82) is 0 Å². The Kier molecular flexibility index (Phi) is 4.16. The molecule has 3 nitrogen and oxygen atoms in total. The molecule has 1 aromatic rings. The summed E-state index contributed by atoms with van der Waals surface area (Å²) < 4.78 is 0. The lowest BCUT2D eigenvalue weighted by Crippen LogP contribution is -2.30. The zero-order valence-electron chi connectivity index (χ0n) is 9.69. The highest BCUT2D eigenvalue weighted by molar-refractivity contribution is 9.09. The van der Waals surface area contributed by atoms with Gasteiger partial charge in [0, 0.05) is 17.9 Å². The van der Waals surface area contributed by atoms with Crippen LogP contribution in [0.15, 0.2) is 12.3 Å². The van der Waals surface area contributed by atoms with Crippen molar-refractivity contribution in [3.8, 4) is 0 Å². The molecule has 1 unspecified atom stereocenters. The molecule has 88 valence electrons. The third kappa shape index (κ3) is 2.73. The highest BCUT2D eigenvalue weighted by atomic mass is 79.9. The summed E-state index contributed by atoms with van der Waals surface area (Å²) in [4.78, 5) is 2.42. The molecule has 0 N–H and O–H groups in total. The molecular weight excluding hydrogens is 266 g/mol.